The van der Waals surface area contributed by atoms with Gasteiger partial charge in [-0.25, -0.2) is 9.97 Å². The third kappa shape index (κ3) is 3.70. The lowest BCUT2D eigenvalue weighted by atomic mass is 10.0. The second-order valence-electron chi connectivity index (χ2n) is 8.00. The summed E-state index contributed by atoms with van der Waals surface area (Å²) in [6, 6.07) is 5.94. The van der Waals surface area contributed by atoms with Gasteiger partial charge >= 0.3 is 0 Å². The SMILES string of the molecule is CC(=O)c1nn(CC(=O)[C@@H]2C[C@@H](C)[C@@H](C)N2)c2ccc(-c3cnc(C)nc3)cc12. The smallest absolute Gasteiger partial charge is 0.180 e. The van der Waals surface area contributed by atoms with Crippen molar-refractivity contribution in [3.63, 3.8) is 0 Å². The Balaban J connectivity index is 1.69. The molecule has 1 aromatic carbocycles. The van der Waals surface area contributed by atoms with Crippen molar-refractivity contribution in [2.45, 2.75) is 52.7 Å². The number of nitrogens with zero attached hydrogens (tertiary/aromatic N) is 4. The average molecular weight is 391 g/mol. The van der Waals surface area contributed by atoms with E-state index in [-0.39, 0.29) is 24.2 Å². The molecule has 0 unspecified atom stereocenters. The minimum absolute atomic E-state index is 0.0942. The van der Waals surface area contributed by atoms with Gasteiger partial charge in [-0.2, -0.15) is 5.10 Å². The van der Waals surface area contributed by atoms with Gasteiger partial charge in [0.2, 0.25) is 0 Å². The number of hydrogen-bond donors (Lipinski definition) is 1. The molecule has 0 bridgehead atoms. The Morgan fingerprint density at radius 1 is 1.17 bits per heavy atom. The number of carbonyl (C=O) groups excluding carboxylic acids is 2. The maximum absolute atomic E-state index is 12.8. The monoisotopic (exact) mass is 391 g/mol. The maximum atomic E-state index is 12.8. The first-order valence-corrected chi connectivity index (χ1v) is 9.92. The zero-order valence-electron chi connectivity index (χ0n) is 17.1. The van der Waals surface area contributed by atoms with E-state index in [2.05, 4.69) is 34.2 Å². The lowest BCUT2D eigenvalue weighted by Gasteiger charge is -2.11. The van der Waals surface area contributed by atoms with E-state index in [1.165, 1.54) is 6.92 Å². The van der Waals surface area contributed by atoms with Crippen LogP contribution in [0.5, 0.6) is 0 Å². The number of hydrogen-bond acceptors (Lipinski definition) is 6. The summed E-state index contributed by atoms with van der Waals surface area (Å²) in [5.74, 6) is 1.14. The normalized spacial score (nSPS) is 21.6. The zero-order chi connectivity index (χ0) is 20.7. The van der Waals surface area contributed by atoms with E-state index >= 15 is 0 Å². The summed E-state index contributed by atoms with van der Waals surface area (Å²) in [7, 11) is 0. The second kappa shape index (κ2) is 7.48. The topological polar surface area (TPSA) is 89.8 Å². The fourth-order valence-corrected chi connectivity index (χ4v) is 3.89. The number of nitrogens with one attached hydrogen (secondary N) is 1. The predicted molar refractivity (Wildman–Crippen MR) is 111 cm³/mol. The minimum atomic E-state index is -0.163. The molecule has 0 radical (unpaired) electrons. The summed E-state index contributed by atoms with van der Waals surface area (Å²) < 4.78 is 1.65. The van der Waals surface area contributed by atoms with Crippen molar-refractivity contribution in [2.24, 2.45) is 5.92 Å². The molecule has 1 saturated heterocycles. The lowest BCUT2D eigenvalue weighted by Crippen LogP contribution is -2.36. The molecule has 7 nitrogen and oxygen atoms in total. The summed E-state index contributed by atoms with van der Waals surface area (Å²) in [6.45, 7) is 7.73. The Bertz CT molecular complexity index is 1080. The standard InChI is InChI=1S/C22H25N5O2/c1-12-7-19(25-13(12)2)21(29)11-27-20-6-5-16(17-9-23-15(4)24-10-17)8-18(20)22(26-27)14(3)28/h5-6,8-10,12-13,19,25H,7,11H2,1-4H3/t12-,13-,19+/m1/s1. The van der Waals surface area contributed by atoms with Crippen LogP contribution in [-0.2, 0) is 11.3 Å². The minimum Gasteiger partial charge on any atom is -0.305 e. The lowest BCUT2D eigenvalue weighted by molar-refractivity contribution is -0.121. The first-order chi connectivity index (χ1) is 13.8. The Kier molecular flexibility index (Phi) is 5.00. The molecule has 3 heterocycles. The van der Waals surface area contributed by atoms with Crippen LogP contribution in [0, 0.1) is 12.8 Å². The number of fused-ring (bicyclic) bond motifs is 1. The van der Waals surface area contributed by atoms with Gasteiger partial charge in [0.15, 0.2) is 11.6 Å². The largest absolute Gasteiger partial charge is 0.305 e. The molecule has 7 heteroatoms. The predicted octanol–water partition coefficient (Wildman–Crippen LogP) is 2.96. The highest BCUT2D eigenvalue weighted by molar-refractivity contribution is 6.06. The van der Waals surface area contributed by atoms with Gasteiger partial charge in [-0.05, 0) is 43.9 Å². The third-order valence-electron chi connectivity index (χ3n) is 5.82. The summed E-state index contributed by atoms with van der Waals surface area (Å²) >= 11 is 0. The molecule has 0 aliphatic carbocycles. The van der Waals surface area contributed by atoms with E-state index in [0.29, 0.717) is 23.5 Å². The molecule has 29 heavy (non-hydrogen) atoms. The molecule has 1 fully saturated rings. The van der Waals surface area contributed by atoms with Gasteiger partial charge < -0.3 is 5.32 Å². The van der Waals surface area contributed by atoms with Crippen molar-refractivity contribution in [2.75, 3.05) is 0 Å². The highest BCUT2D eigenvalue weighted by atomic mass is 16.1. The maximum Gasteiger partial charge on any atom is 0.180 e. The molecular weight excluding hydrogens is 366 g/mol. The molecular formula is C22H25N5O2. The van der Waals surface area contributed by atoms with E-state index in [4.69, 9.17) is 0 Å². The van der Waals surface area contributed by atoms with Crippen LogP contribution in [-0.4, -0.2) is 43.4 Å². The average Bonchev–Trinajstić information content (AvgIpc) is 3.22. The van der Waals surface area contributed by atoms with E-state index in [9.17, 15) is 9.59 Å². The fraction of sp³-hybridized carbons (Fsp3) is 0.409. The molecule has 1 aliphatic heterocycles. The number of Topliss-reactive ketones (excluding diaryl/α,β-unsaturated/α-hetero) is 2. The molecule has 3 aromatic rings. The molecule has 150 valence electrons. The van der Waals surface area contributed by atoms with Gasteiger partial charge in [0.1, 0.15) is 18.1 Å². The number of ketones is 2. The van der Waals surface area contributed by atoms with Crippen LogP contribution in [0.2, 0.25) is 0 Å². The molecule has 0 spiro atoms. The van der Waals surface area contributed by atoms with Crippen LogP contribution in [0.3, 0.4) is 0 Å². The number of aryl methyl sites for hydroxylation is 1. The number of carbonyl (C=O) groups is 2. The van der Waals surface area contributed by atoms with Crippen LogP contribution >= 0.6 is 0 Å². The quantitative estimate of drug-likeness (QED) is 0.673. The molecule has 1 N–H and O–H groups in total. The van der Waals surface area contributed by atoms with Crippen molar-refractivity contribution >= 4 is 22.5 Å². The summed E-state index contributed by atoms with van der Waals surface area (Å²) in [4.78, 5) is 33.5. The van der Waals surface area contributed by atoms with Crippen LogP contribution in [0.25, 0.3) is 22.0 Å². The van der Waals surface area contributed by atoms with Crippen molar-refractivity contribution in [1.29, 1.82) is 0 Å². The third-order valence-corrected chi connectivity index (χ3v) is 5.82. The first-order valence-electron chi connectivity index (χ1n) is 9.92. The highest BCUT2D eigenvalue weighted by Gasteiger charge is 2.32. The van der Waals surface area contributed by atoms with Crippen molar-refractivity contribution in [3.05, 3.63) is 42.1 Å². The van der Waals surface area contributed by atoms with Gasteiger partial charge in [0.05, 0.1) is 11.6 Å². The van der Waals surface area contributed by atoms with E-state index < -0.39 is 0 Å². The van der Waals surface area contributed by atoms with Crippen LogP contribution in [0.15, 0.2) is 30.6 Å². The Labute approximate surface area is 169 Å². The zero-order valence-corrected chi connectivity index (χ0v) is 17.1. The fourth-order valence-electron chi connectivity index (χ4n) is 3.89. The Hall–Kier alpha value is -2.93. The summed E-state index contributed by atoms with van der Waals surface area (Å²) in [5, 5.41) is 8.58. The van der Waals surface area contributed by atoms with Gasteiger partial charge in [0.25, 0.3) is 0 Å². The molecule has 0 amide bonds. The first kappa shape index (κ1) is 19.4. The second-order valence-corrected chi connectivity index (χ2v) is 8.00. The number of rotatable bonds is 5. The number of benzene rings is 1. The van der Waals surface area contributed by atoms with Gasteiger partial charge in [-0.3, -0.25) is 14.3 Å². The Morgan fingerprint density at radius 2 is 1.90 bits per heavy atom. The van der Waals surface area contributed by atoms with Gasteiger partial charge in [-0.1, -0.05) is 13.0 Å². The van der Waals surface area contributed by atoms with Crippen molar-refractivity contribution in [3.8, 4) is 11.1 Å². The van der Waals surface area contributed by atoms with Gasteiger partial charge in [-0.15, -0.1) is 0 Å². The summed E-state index contributed by atoms with van der Waals surface area (Å²) in [5.41, 5.74) is 2.93. The molecule has 1 aliphatic rings. The van der Waals surface area contributed by atoms with Gasteiger partial charge in [0, 0.05) is 36.3 Å². The van der Waals surface area contributed by atoms with Crippen molar-refractivity contribution < 1.29 is 9.59 Å². The van der Waals surface area contributed by atoms with E-state index in [1.807, 2.05) is 25.1 Å². The van der Waals surface area contributed by atoms with E-state index in [1.54, 1.807) is 17.1 Å². The van der Waals surface area contributed by atoms with Crippen LogP contribution in [0.1, 0.15) is 43.5 Å². The van der Waals surface area contributed by atoms with Crippen LogP contribution < -0.4 is 5.32 Å². The molecule has 2 aromatic heterocycles. The molecule has 0 saturated carbocycles. The van der Waals surface area contributed by atoms with E-state index in [0.717, 1.165) is 28.5 Å². The Morgan fingerprint density at radius 3 is 2.52 bits per heavy atom. The number of aromatic nitrogens is 4. The molecule has 4 rings (SSSR count). The molecule has 3 atom stereocenters. The van der Waals surface area contributed by atoms with Crippen LogP contribution in [0.4, 0.5) is 0 Å². The highest BCUT2D eigenvalue weighted by Crippen LogP contribution is 2.27. The van der Waals surface area contributed by atoms with Crippen molar-refractivity contribution in [1.82, 2.24) is 25.1 Å². The summed E-state index contributed by atoms with van der Waals surface area (Å²) in [6.07, 6.45) is 4.36.